The third-order valence-electron chi connectivity index (χ3n) is 11.9. The second-order valence-electron chi connectivity index (χ2n) is 16.3. The maximum atomic E-state index is 6.95. The molecule has 0 fully saturated rings. The van der Waals surface area contributed by atoms with Crippen LogP contribution in [0.2, 0.25) is 0 Å². The van der Waals surface area contributed by atoms with E-state index in [9.17, 15) is 0 Å². The molecule has 0 amide bonds. The summed E-state index contributed by atoms with van der Waals surface area (Å²) in [5.41, 5.74) is 15.4. The normalized spacial score (nSPS) is 12.7. The van der Waals surface area contributed by atoms with Gasteiger partial charge < -0.3 is 9.47 Å². The number of benzene rings is 6. The van der Waals surface area contributed by atoms with Gasteiger partial charge in [0.1, 0.15) is 23.0 Å². The van der Waals surface area contributed by atoms with Gasteiger partial charge in [-0.2, -0.15) is 0 Å². The van der Waals surface area contributed by atoms with E-state index in [2.05, 4.69) is 163 Å². The van der Waals surface area contributed by atoms with Gasteiger partial charge in [-0.15, -0.1) is 0 Å². The topological polar surface area (TPSA) is 18.5 Å². The van der Waals surface area contributed by atoms with Crippen molar-refractivity contribution >= 4 is 0 Å². The Morgan fingerprint density at radius 3 is 1.05 bits per heavy atom. The van der Waals surface area contributed by atoms with Crippen molar-refractivity contribution in [2.24, 2.45) is 0 Å². The minimum Gasteiger partial charge on any atom is -0.457 e. The molecule has 0 saturated heterocycles. The van der Waals surface area contributed by atoms with Crippen molar-refractivity contribution in [3.63, 3.8) is 0 Å². The zero-order chi connectivity index (χ0) is 39.8. The minimum absolute atomic E-state index is 0.539. The molecule has 0 aromatic heterocycles. The highest BCUT2D eigenvalue weighted by molar-refractivity contribution is 5.87. The van der Waals surface area contributed by atoms with Crippen molar-refractivity contribution in [1.29, 1.82) is 0 Å². The number of aryl methyl sites for hydroxylation is 6. The van der Waals surface area contributed by atoms with Gasteiger partial charge in [0.2, 0.25) is 0 Å². The van der Waals surface area contributed by atoms with Gasteiger partial charge >= 0.3 is 0 Å². The van der Waals surface area contributed by atoms with Crippen LogP contribution in [0.5, 0.6) is 23.0 Å². The van der Waals surface area contributed by atoms with Gasteiger partial charge in [0.05, 0.1) is 5.41 Å². The van der Waals surface area contributed by atoms with Crippen LogP contribution in [-0.2, 0) is 31.1 Å². The Bertz CT molecular complexity index is 2040. The average molecular weight is 755 g/mol. The van der Waals surface area contributed by atoms with Crippen molar-refractivity contribution in [1.82, 2.24) is 0 Å². The van der Waals surface area contributed by atoms with Crippen LogP contribution < -0.4 is 9.47 Å². The highest BCUT2D eigenvalue weighted by Crippen LogP contribution is 2.58. The summed E-state index contributed by atoms with van der Waals surface area (Å²) in [6.07, 6.45) is 12.8. The summed E-state index contributed by atoms with van der Waals surface area (Å²) in [6, 6.07) is 45.3. The predicted octanol–water partition coefficient (Wildman–Crippen LogP) is 15.6. The molecule has 57 heavy (non-hydrogen) atoms. The molecule has 1 aliphatic rings. The van der Waals surface area contributed by atoms with Gasteiger partial charge in [-0.3, -0.25) is 0 Å². The highest BCUT2D eigenvalue weighted by Gasteiger charge is 2.47. The molecule has 294 valence electrons. The van der Waals surface area contributed by atoms with Gasteiger partial charge in [-0.25, -0.2) is 0 Å². The van der Waals surface area contributed by atoms with Gasteiger partial charge in [0.25, 0.3) is 0 Å². The summed E-state index contributed by atoms with van der Waals surface area (Å²) < 4.78 is 13.9. The molecule has 7 rings (SSSR count). The third-order valence-corrected chi connectivity index (χ3v) is 11.9. The molecule has 0 saturated carbocycles. The van der Waals surface area contributed by atoms with Crippen molar-refractivity contribution in [2.45, 2.75) is 124 Å². The van der Waals surface area contributed by atoms with Crippen LogP contribution in [0, 0.1) is 13.8 Å². The summed E-state index contributed by atoms with van der Waals surface area (Å²) in [6.45, 7) is 13.7. The van der Waals surface area contributed by atoms with Gasteiger partial charge in [0, 0.05) is 0 Å². The Kier molecular flexibility index (Phi) is 13.0. The van der Waals surface area contributed by atoms with Crippen LogP contribution in [0.25, 0.3) is 11.1 Å². The number of hydrogen-bond donors (Lipinski definition) is 0. The number of rotatable bonds is 18. The van der Waals surface area contributed by atoms with Gasteiger partial charge in [-0.1, -0.05) is 162 Å². The van der Waals surface area contributed by atoms with E-state index in [1.54, 1.807) is 0 Å². The quantitative estimate of drug-likeness (QED) is 0.0868. The lowest BCUT2D eigenvalue weighted by Crippen LogP contribution is -2.30. The maximum Gasteiger partial charge on any atom is 0.133 e. The maximum absolute atomic E-state index is 6.95. The van der Waals surface area contributed by atoms with E-state index in [4.69, 9.17) is 9.47 Å². The van der Waals surface area contributed by atoms with Crippen molar-refractivity contribution in [2.75, 3.05) is 0 Å². The molecular formula is C55H62O2. The molecule has 1 aliphatic carbocycles. The molecule has 2 nitrogen and oxygen atoms in total. The van der Waals surface area contributed by atoms with E-state index >= 15 is 0 Å². The molecule has 0 atom stereocenters. The van der Waals surface area contributed by atoms with E-state index in [0.717, 1.165) is 100 Å². The number of para-hydroxylation sites is 2. The molecule has 0 bridgehead atoms. The Hall–Kier alpha value is -5.08. The molecule has 0 N–H and O–H groups in total. The summed E-state index contributed by atoms with van der Waals surface area (Å²) in [5.74, 6) is 3.89. The summed E-state index contributed by atoms with van der Waals surface area (Å²) in [5, 5.41) is 0. The lowest BCUT2D eigenvalue weighted by Gasteiger charge is -2.36. The van der Waals surface area contributed by atoms with E-state index < -0.39 is 5.41 Å². The number of unbranched alkanes of at least 4 members (excludes halogenated alkanes) is 4. The van der Waals surface area contributed by atoms with Crippen LogP contribution in [-0.4, -0.2) is 0 Å². The summed E-state index contributed by atoms with van der Waals surface area (Å²) in [4.78, 5) is 0. The SMILES string of the molecule is CCCCc1cc(C2(c3cc(CCCC)c(Oc4ccccc4)c(CCCC)c3)c3cc(C)ccc3-c3ccc(C)cc32)cc(CCCC)c1Oc1ccccc1. The molecule has 0 spiro atoms. The molecule has 0 unspecified atom stereocenters. The summed E-state index contributed by atoms with van der Waals surface area (Å²) in [7, 11) is 0. The molecule has 6 aromatic carbocycles. The first-order valence-corrected chi connectivity index (χ1v) is 21.9. The van der Waals surface area contributed by atoms with Crippen LogP contribution in [0.15, 0.2) is 121 Å². The molecule has 2 heteroatoms. The van der Waals surface area contributed by atoms with Crippen LogP contribution in [0.3, 0.4) is 0 Å². The van der Waals surface area contributed by atoms with E-state index in [1.807, 2.05) is 0 Å². The Balaban J connectivity index is 1.59. The number of ether oxygens (including phenoxy) is 2. The summed E-state index contributed by atoms with van der Waals surface area (Å²) >= 11 is 0. The third kappa shape index (κ3) is 8.33. The first-order chi connectivity index (χ1) is 27.9. The van der Waals surface area contributed by atoms with Crippen LogP contribution in [0.4, 0.5) is 0 Å². The highest BCUT2D eigenvalue weighted by atomic mass is 16.5. The number of hydrogen-bond acceptors (Lipinski definition) is 2. The first-order valence-electron chi connectivity index (χ1n) is 21.9. The fourth-order valence-corrected chi connectivity index (χ4v) is 8.97. The van der Waals surface area contributed by atoms with E-state index in [-0.39, 0.29) is 0 Å². The lowest BCUT2D eigenvalue weighted by molar-refractivity contribution is 0.466. The van der Waals surface area contributed by atoms with Gasteiger partial charge in [0.15, 0.2) is 0 Å². The Morgan fingerprint density at radius 1 is 0.404 bits per heavy atom. The second-order valence-corrected chi connectivity index (χ2v) is 16.3. The zero-order valence-corrected chi connectivity index (χ0v) is 35.3. The minimum atomic E-state index is -0.539. The fraction of sp³-hybridized carbons (Fsp3) is 0.345. The fourth-order valence-electron chi connectivity index (χ4n) is 8.97. The van der Waals surface area contributed by atoms with E-state index in [0.29, 0.717) is 0 Å². The van der Waals surface area contributed by atoms with Crippen LogP contribution in [0.1, 0.15) is 135 Å². The second kappa shape index (κ2) is 18.5. The smallest absolute Gasteiger partial charge is 0.133 e. The molecule has 6 aromatic rings. The largest absolute Gasteiger partial charge is 0.457 e. The predicted molar refractivity (Wildman–Crippen MR) is 241 cm³/mol. The molecule has 0 heterocycles. The van der Waals surface area contributed by atoms with Crippen molar-refractivity contribution in [3.8, 4) is 34.1 Å². The average Bonchev–Trinajstić information content (AvgIpc) is 3.51. The molecule has 0 radical (unpaired) electrons. The first kappa shape index (κ1) is 40.1. The molecule has 0 aliphatic heterocycles. The zero-order valence-electron chi connectivity index (χ0n) is 35.3. The van der Waals surface area contributed by atoms with E-state index in [1.165, 1.54) is 66.8 Å². The van der Waals surface area contributed by atoms with Crippen molar-refractivity contribution < 1.29 is 9.47 Å². The number of fused-ring (bicyclic) bond motifs is 3. The van der Waals surface area contributed by atoms with Crippen LogP contribution >= 0.6 is 0 Å². The Labute approximate surface area is 343 Å². The molecular weight excluding hydrogens is 693 g/mol. The van der Waals surface area contributed by atoms with Gasteiger partial charge in [-0.05, 0) is 145 Å². The Morgan fingerprint density at radius 2 is 0.737 bits per heavy atom. The standard InChI is InChI=1S/C55H62O2/c1-7-11-21-41-35-45(36-42(22-12-8-2)53(41)56-47-25-17-15-18-26-47)55(51-33-39(5)29-31-49(51)50-32-30-40(6)34-52(50)55)46-37-43(23-13-9-3)54(44(38-46)24-14-10-4)57-48-27-19-16-20-28-48/h15-20,25-38H,7-14,21-24H2,1-6H3. The lowest BCUT2D eigenvalue weighted by atomic mass is 9.65. The monoisotopic (exact) mass is 754 g/mol. The van der Waals surface area contributed by atoms with Crippen molar-refractivity contribution in [3.05, 3.63) is 177 Å².